The number of halogens is 1. The van der Waals surface area contributed by atoms with Gasteiger partial charge in [-0.25, -0.2) is 4.39 Å². The fraction of sp³-hybridized carbons (Fsp3) is 0.533. The Labute approximate surface area is 122 Å². The van der Waals surface area contributed by atoms with Crippen LogP contribution in [0.2, 0.25) is 0 Å². The molecule has 21 heavy (non-hydrogen) atoms. The van der Waals surface area contributed by atoms with Gasteiger partial charge in [0.05, 0.1) is 17.2 Å². The molecule has 2 aliphatic heterocycles. The topological polar surface area (TPSA) is 62.3 Å². The highest BCUT2D eigenvalue weighted by molar-refractivity contribution is 5.94. The number of nitrogens with zero attached hydrogens (tertiary/aromatic N) is 2. The Morgan fingerprint density at radius 3 is 2.86 bits per heavy atom. The maximum Gasteiger partial charge on any atom is 0.255 e. The molecule has 2 aliphatic rings. The van der Waals surface area contributed by atoms with Crippen LogP contribution < -0.4 is 5.32 Å². The van der Waals surface area contributed by atoms with Crippen molar-refractivity contribution >= 4 is 11.8 Å². The highest BCUT2D eigenvalue weighted by Gasteiger charge is 2.43. The van der Waals surface area contributed by atoms with Gasteiger partial charge in [-0.2, -0.15) is 0 Å². The van der Waals surface area contributed by atoms with Gasteiger partial charge >= 0.3 is 0 Å². The molecule has 0 aliphatic carbocycles. The van der Waals surface area contributed by atoms with Crippen LogP contribution in [-0.4, -0.2) is 41.3 Å². The number of nitrogens with one attached hydrogen (secondary N) is 1. The molecule has 1 atom stereocenters. The van der Waals surface area contributed by atoms with Gasteiger partial charge in [-0.05, 0) is 31.7 Å². The molecule has 0 saturated carbocycles. The Morgan fingerprint density at radius 1 is 1.29 bits per heavy atom. The normalized spacial score (nSPS) is 25.8. The Morgan fingerprint density at radius 2 is 2.14 bits per heavy atom. The zero-order chi connectivity index (χ0) is 14.9. The summed E-state index contributed by atoms with van der Waals surface area (Å²) >= 11 is 0. The lowest BCUT2D eigenvalue weighted by Crippen LogP contribution is -2.35. The van der Waals surface area contributed by atoms with Gasteiger partial charge in [0.15, 0.2) is 0 Å². The van der Waals surface area contributed by atoms with E-state index in [-0.39, 0.29) is 22.8 Å². The molecule has 0 bridgehead atoms. The molecular weight excluding hydrogens is 273 g/mol. The number of aromatic nitrogens is 1. The van der Waals surface area contributed by atoms with Crippen LogP contribution in [0.15, 0.2) is 18.5 Å². The molecule has 1 spiro atoms. The lowest BCUT2D eigenvalue weighted by atomic mass is 9.79. The van der Waals surface area contributed by atoms with Gasteiger partial charge in [0.25, 0.3) is 5.91 Å². The molecule has 2 amide bonds. The van der Waals surface area contributed by atoms with Crippen LogP contribution in [0.5, 0.6) is 0 Å². The summed E-state index contributed by atoms with van der Waals surface area (Å²) in [6, 6.07) is 1.21. The van der Waals surface area contributed by atoms with Crippen molar-refractivity contribution < 1.29 is 14.0 Å². The van der Waals surface area contributed by atoms with Crippen molar-refractivity contribution in [1.82, 2.24) is 15.2 Å². The number of hydrogen-bond donors (Lipinski definition) is 1. The minimum atomic E-state index is -0.512. The molecule has 3 heterocycles. The molecule has 0 aromatic carbocycles. The zero-order valence-electron chi connectivity index (χ0n) is 11.8. The van der Waals surface area contributed by atoms with Crippen molar-refractivity contribution in [2.45, 2.75) is 25.7 Å². The Hall–Kier alpha value is -1.98. The summed E-state index contributed by atoms with van der Waals surface area (Å²) < 4.78 is 13.2. The number of carbonyl (C=O) groups excluding carboxylic acids is 2. The highest BCUT2D eigenvalue weighted by Crippen LogP contribution is 2.38. The van der Waals surface area contributed by atoms with E-state index in [0.29, 0.717) is 19.5 Å². The van der Waals surface area contributed by atoms with Crippen molar-refractivity contribution in [2.24, 2.45) is 5.41 Å². The molecule has 1 N–H and O–H groups in total. The summed E-state index contributed by atoms with van der Waals surface area (Å²) in [6.45, 7) is 1.85. The van der Waals surface area contributed by atoms with Gasteiger partial charge in [-0.3, -0.25) is 14.6 Å². The number of amides is 2. The van der Waals surface area contributed by atoms with Crippen LogP contribution in [0.4, 0.5) is 4.39 Å². The average Bonchev–Trinajstić information content (AvgIpc) is 2.71. The summed E-state index contributed by atoms with van der Waals surface area (Å²) in [7, 11) is 0. The Bertz CT molecular complexity index is 578. The molecule has 3 rings (SSSR count). The first-order valence-corrected chi connectivity index (χ1v) is 7.29. The van der Waals surface area contributed by atoms with E-state index in [2.05, 4.69) is 10.3 Å². The second-order valence-electron chi connectivity index (χ2n) is 5.82. The first kappa shape index (κ1) is 14.0. The Kier molecular flexibility index (Phi) is 3.61. The van der Waals surface area contributed by atoms with Crippen molar-refractivity contribution in [3.63, 3.8) is 0 Å². The van der Waals surface area contributed by atoms with Crippen molar-refractivity contribution in [2.75, 3.05) is 19.6 Å². The number of carbonyl (C=O) groups is 2. The number of likely N-dealkylation sites (tertiary alicyclic amines) is 1. The fourth-order valence-corrected chi connectivity index (χ4v) is 3.30. The predicted octanol–water partition coefficient (Wildman–Crippen LogP) is 1.35. The van der Waals surface area contributed by atoms with Gasteiger partial charge in [-0.15, -0.1) is 0 Å². The predicted molar refractivity (Wildman–Crippen MR) is 74.0 cm³/mol. The molecule has 2 saturated heterocycles. The highest BCUT2D eigenvalue weighted by atomic mass is 19.1. The molecule has 0 unspecified atom stereocenters. The summed E-state index contributed by atoms with van der Waals surface area (Å²) in [4.78, 5) is 29.9. The standard InChI is InChI=1S/C15H18FN3O2/c16-12-8-11(9-17-10-12)13(20)19-6-1-2-15(4-7-19)3-5-18-14(15)21/h8-10H,1-7H2,(H,18,21)/t15-/m0/s1. The fourth-order valence-electron chi connectivity index (χ4n) is 3.30. The monoisotopic (exact) mass is 291 g/mol. The lowest BCUT2D eigenvalue weighted by Gasteiger charge is -2.24. The van der Waals surface area contributed by atoms with Gasteiger partial charge < -0.3 is 10.2 Å². The Balaban J connectivity index is 1.73. The molecule has 112 valence electrons. The third-order valence-electron chi connectivity index (χ3n) is 4.55. The lowest BCUT2D eigenvalue weighted by molar-refractivity contribution is -0.128. The largest absolute Gasteiger partial charge is 0.356 e. The number of pyridine rings is 1. The second-order valence-corrected chi connectivity index (χ2v) is 5.82. The molecular formula is C15H18FN3O2. The smallest absolute Gasteiger partial charge is 0.255 e. The van der Waals surface area contributed by atoms with Crippen molar-refractivity contribution in [3.05, 3.63) is 29.8 Å². The third kappa shape index (κ3) is 2.62. The van der Waals surface area contributed by atoms with E-state index in [1.807, 2.05) is 0 Å². The van der Waals surface area contributed by atoms with E-state index in [1.165, 1.54) is 12.3 Å². The number of rotatable bonds is 1. The molecule has 5 nitrogen and oxygen atoms in total. The number of hydrogen-bond acceptors (Lipinski definition) is 3. The van der Waals surface area contributed by atoms with Gasteiger partial charge in [-0.1, -0.05) is 0 Å². The summed E-state index contributed by atoms with van der Waals surface area (Å²) in [5.41, 5.74) is -0.0447. The summed E-state index contributed by atoms with van der Waals surface area (Å²) in [6.07, 6.45) is 5.58. The SMILES string of the molecule is O=C(c1cncc(F)c1)N1CCC[C@]2(CCNC2=O)CC1. The molecule has 0 radical (unpaired) electrons. The maximum atomic E-state index is 13.2. The minimum absolute atomic E-state index is 0.115. The first-order chi connectivity index (χ1) is 10.1. The van der Waals surface area contributed by atoms with Crippen LogP contribution in [0, 0.1) is 11.2 Å². The van der Waals surface area contributed by atoms with Crippen LogP contribution >= 0.6 is 0 Å². The van der Waals surface area contributed by atoms with E-state index < -0.39 is 5.82 Å². The van der Waals surface area contributed by atoms with E-state index in [0.717, 1.165) is 32.0 Å². The van der Waals surface area contributed by atoms with E-state index in [4.69, 9.17) is 0 Å². The minimum Gasteiger partial charge on any atom is -0.356 e. The molecule has 1 aromatic rings. The molecule has 1 aromatic heterocycles. The molecule has 6 heteroatoms. The van der Waals surface area contributed by atoms with E-state index in [1.54, 1.807) is 4.90 Å². The first-order valence-electron chi connectivity index (χ1n) is 7.29. The maximum absolute atomic E-state index is 13.2. The van der Waals surface area contributed by atoms with Gasteiger partial charge in [0.1, 0.15) is 5.82 Å². The van der Waals surface area contributed by atoms with Gasteiger partial charge in [0, 0.05) is 25.8 Å². The average molecular weight is 291 g/mol. The van der Waals surface area contributed by atoms with Crippen LogP contribution in [-0.2, 0) is 4.79 Å². The summed E-state index contributed by atoms with van der Waals surface area (Å²) in [5.74, 6) is -0.607. The van der Waals surface area contributed by atoms with Crippen molar-refractivity contribution in [3.8, 4) is 0 Å². The quantitative estimate of drug-likeness (QED) is 0.849. The van der Waals surface area contributed by atoms with Crippen LogP contribution in [0.25, 0.3) is 0 Å². The second kappa shape index (κ2) is 5.42. The molecule has 2 fully saturated rings. The van der Waals surface area contributed by atoms with Crippen molar-refractivity contribution in [1.29, 1.82) is 0 Å². The summed E-state index contributed by atoms with van der Waals surface area (Å²) in [5, 5.41) is 2.89. The van der Waals surface area contributed by atoms with Gasteiger partial charge in [0.2, 0.25) is 5.91 Å². The van der Waals surface area contributed by atoms with Crippen LogP contribution in [0.1, 0.15) is 36.0 Å². The zero-order valence-corrected chi connectivity index (χ0v) is 11.8. The van der Waals surface area contributed by atoms with Crippen LogP contribution in [0.3, 0.4) is 0 Å². The van der Waals surface area contributed by atoms with E-state index in [9.17, 15) is 14.0 Å². The third-order valence-corrected chi connectivity index (χ3v) is 4.55. The van der Waals surface area contributed by atoms with E-state index >= 15 is 0 Å².